The molecule has 0 unspecified atom stereocenters. The minimum Gasteiger partial charge on any atom is -0.264 e. The first-order chi connectivity index (χ1) is 9.90. The first-order valence-electron chi connectivity index (χ1n) is 7.32. The summed E-state index contributed by atoms with van der Waals surface area (Å²) in [6, 6.07) is 11.8. The number of nitrogens with zero attached hydrogens (tertiary/aromatic N) is 1. The van der Waals surface area contributed by atoms with Gasteiger partial charge in [-0.2, -0.15) is 0 Å². The molecule has 0 saturated heterocycles. The van der Waals surface area contributed by atoms with E-state index in [1.807, 2.05) is 48.8 Å². The molecule has 0 aliphatic rings. The van der Waals surface area contributed by atoms with Crippen molar-refractivity contribution in [1.82, 2.24) is 0 Å². The van der Waals surface area contributed by atoms with Gasteiger partial charge in [-0.15, -0.1) is 5.43 Å². The van der Waals surface area contributed by atoms with Crippen LogP contribution in [0.5, 0.6) is 0 Å². The molecule has 0 spiro atoms. The van der Waals surface area contributed by atoms with Crippen LogP contribution in [0.15, 0.2) is 48.8 Å². The summed E-state index contributed by atoms with van der Waals surface area (Å²) in [6.45, 7) is 8.59. The van der Waals surface area contributed by atoms with Gasteiger partial charge in [0.1, 0.15) is 0 Å². The lowest BCUT2D eigenvalue weighted by Crippen LogP contribution is -2.47. The first kappa shape index (κ1) is 15.2. The zero-order valence-electron chi connectivity index (χ0n) is 13.2. The van der Waals surface area contributed by atoms with Crippen LogP contribution >= 0.6 is 0 Å². The minimum absolute atomic E-state index is 0.0970. The molecule has 3 nitrogen and oxygen atoms in total. The molecule has 2 rings (SSSR count). The summed E-state index contributed by atoms with van der Waals surface area (Å²) in [6.07, 6.45) is 4.71. The van der Waals surface area contributed by atoms with E-state index in [2.05, 4.69) is 33.1 Å². The molecule has 0 aliphatic heterocycles. The average Bonchev–Trinajstić information content (AvgIpc) is 2.47. The maximum atomic E-state index is 12.2. The van der Waals surface area contributed by atoms with Crippen molar-refractivity contribution >= 4 is 5.91 Å². The molecule has 0 aliphatic carbocycles. The van der Waals surface area contributed by atoms with Crippen molar-refractivity contribution in [1.29, 1.82) is 0 Å². The van der Waals surface area contributed by atoms with Gasteiger partial charge < -0.3 is 0 Å². The van der Waals surface area contributed by atoms with E-state index < -0.39 is 0 Å². The highest BCUT2D eigenvalue weighted by Gasteiger charge is 2.15. The molecule has 0 saturated carbocycles. The van der Waals surface area contributed by atoms with Gasteiger partial charge in [-0.25, -0.2) is 0 Å². The van der Waals surface area contributed by atoms with Crippen molar-refractivity contribution < 1.29 is 9.47 Å². The topological polar surface area (TPSA) is 33.0 Å². The van der Waals surface area contributed by atoms with Crippen molar-refractivity contribution in [3.05, 3.63) is 65.5 Å². The summed E-state index contributed by atoms with van der Waals surface area (Å²) in [5.41, 5.74) is 6.07. The summed E-state index contributed by atoms with van der Waals surface area (Å²) in [5.74, 6) is -0.107. The molecule has 2 aromatic rings. The highest BCUT2D eigenvalue weighted by molar-refractivity contribution is 5.98. The van der Waals surface area contributed by atoms with E-state index in [0.29, 0.717) is 5.56 Å². The highest BCUT2D eigenvalue weighted by atomic mass is 16.2. The van der Waals surface area contributed by atoms with Gasteiger partial charge >= 0.3 is 5.91 Å². The van der Waals surface area contributed by atoms with E-state index >= 15 is 0 Å². The lowest BCUT2D eigenvalue weighted by Gasteiger charge is -2.18. The molecule has 1 heterocycles. The predicted molar refractivity (Wildman–Crippen MR) is 84.8 cm³/mol. The van der Waals surface area contributed by atoms with Crippen LogP contribution in [0, 0.1) is 0 Å². The lowest BCUT2D eigenvalue weighted by atomic mass is 9.87. The quantitative estimate of drug-likeness (QED) is 0.862. The molecule has 0 atom stereocenters. The van der Waals surface area contributed by atoms with Gasteiger partial charge in [0, 0.05) is 17.7 Å². The Bertz CT molecular complexity index is 607. The van der Waals surface area contributed by atoms with Gasteiger partial charge in [-0.05, 0) is 35.1 Å². The molecule has 21 heavy (non-hydrogen) atoms. The van der Waals surface area contributed by atoms with Gasteiger partial charge in [0.2, 0.25) is 0 Å². The second-order valence-electron chi connectivity index (χ2n) is 6.24. The first-order valence-corrected chi connectivity index (χ1v) is 7.32. The minimum atomic E-state index is -0.107. The van der Waals surface area contributed by atoms with Crippen LogP contribution in [-0.2, 0) is 11.8 Å². The standard InChI is InChI=1S/C18H22N2O/c1-5-14-10-12-20(13-11-14)19-17(21)15-6-8-16(9-7-15)18(2,3)4/h6-13H,5H2,1-4H3/p+1. The fraction of sp³-hybridized carbons (Fsp3) is 0.333. The third-order valence-corrected chi connectivity index (χ3v) is 3.55. The van der Waals surface area contributed by atoms with Crippen LogP contribution in [0.2, 0.25) is 0 Å². The number of pyridine rings is 1. The number of hydrogen-bond acceptors (Lipinski definition) is 1. The zero-order valence-corrected chi connectivity index (χ0v) is 13.2. The molecular weight excluding hydrogens is 260 g/mol. The maximum Gasteiger partial charge on any atom is 0.305 e. The van der Waals surface area contributed by atoms with Crippen LogP contribution in [0.4, 0.5) is 0 Å². The highest BCUT2D eigenvalue weighted by Crippen LogP contribution is 2.22. The van der Waals surface area contributed by atoms with E-state index in [1.54, 1.807) is 4.68 Å². The second-order valence-corrected chi connectivity index (χ2v) is 6.24. The van der Waals surface area contributed by atoms with Gasteiger partial charge in [0.05, 0.1) is 0 Å². The molecule has 0 fully saturated rings. The Morgan fingerprint density at radius 1 is 1.05 bits per heavy atom. The largest absolute Gasteiger partial charge is 0.305 e. The van der Waals surface area contributed by atoms with Gasteiger partial charge in [0.15, 0.2) is 12.4 Å². The molecule has 3 heteroatoms. The van der Waals surface area contributed by atoms with Crippen LogP contribution in [0.3, 0.4) is 0 Å². The number of hydrogen-bond donors (Lipinski definition) is 1. The number of benzene rings is 1. The fourth-order valence-electron chi connectivity index (χ4n) is 2.07. The van der Waals surface area contributed by atoms with E-state index in [-0.39, 0.29) is 11.3 Å². The van der Waals surface area contributed by atoms with Crippen molar-refractivity contribution in [3.8, 4) is 0 Å². The van der Waals surface area contributed by atoms with Crippen molar-refractivity contribution in [2.75, 3.05) is 5.43 Å². The molecule has 0 radical (unpaired) electrons. The fourth-order valence-corrected chi connectivity index (χ4v) is 2.07. The van der Waals surface area contributed by atoms with E-state index in [9.17, 15) is 4.79 Å². The molecule has 110 valence electrons. The Morgan fingerprint density at radius 2 is 1.62 bits per heavy atom. The molecule has 1 aromatic carbocycles. The van der Waals surface area contributed by atoms with Crippen LogP contribution in [-0.4, -0.2) is 5.91 Å². The van der Waals surface area contributed by atoms with E-state index in [1.165, 1.54) is 11.1 Å². The van der Waals surface area contributed by atoms with Crippen LogP contribution in [0.25, 0.3) is 0 Å². The number of amides is 1. The molecule has 0 bridgehead atoms. The summed E-state index contributed by atoms with van der Waals surface area (Å²) in [7, 11) is 0. The number of aryl methyl sites for hydroxylation is 1. The predicted octanol–water partition coefficient (Wildman–Crippen LogP) is 3.22. The Labute approximate surface area is 126 Å². The Kier molecular flexibility index (Phi) is 4.41. The SMILES string of the molecule is CCc1cc[n+](NC(=O)c2ccc(C(C)(C)C)cc2)cc1. The second kappa shape index (κ2) is 6.08. The molecule has 1 aromatic heterocycles. The number of rotatable bonds is 3. The van der Waals surface area contributed by atoms with Crippen LogP contribution in [0.1, 0.15) is 49.2 Å². The van der Waals surface area contributed by atoms with Crippen molar-refractivity contribution in [3.63, 3.8) is 0 Å². The van der Waals surface area contributed by atoms with Crippen molar-refractivity contribution in [2.24, 2.45) is 0 Å². The number of carbonyl (C=O) groups excluding carboxylic acids is 1. The summed E-state index contributed by atoms with van der Waals surface area (Å²) >= 11 is 0. The monoisotopic (exact) mass is 283 g/mol. The summed E-state index contributed by atoms with van der Waals surface area (Å²) in [4.78, 5) is 12.2. The Morgan fingerprint density at radius 3 is 2.10 bits per heavy atom. The molecule has 1 amide bonds. The zero-order chi connectivity index (χ0) is 15.5. The Hall–Kier alpha value is -2.16. The maximum absolute atomic E-state index is 12.2. The average molecular weight is 283 g/mol. The van der Waals surface area contributed by atoms with Gasteiger partial charge in [-0.1, -0.05) is 44.5 Å². The molecule has 1 N–H and O–H groups in total. The van der Waals surface area contributed by atoms with Gasteiger partial charge in [0.25, 0.3) is 0 Å². The van der Waals surface area contributed by atoms with Gasteiger partial charge in [-0.3, -0.25) is 4.79 Å². The summed E-state index contributed by atoms with van der Waals surface area (Å²) in [5, 5.41) is 0. The number of nitrogens with one attached hydrogen (secondary N) is 1. The third-order valence-electron chi connectivity index (χ3n) is 3.55. The van der Waals surface area contributed by atoms with Crippen molar-refractivity contribution in [2.45, 2.75) is 39.5 Å². The third kappa shape index (κ3) is 3.91. The smallest absolute Gasteiger partial charge is 0.264 e. The Balaban J connectivity index is 2.09. The van der Waals surface area contributed by atoms with E-state index in [4.69, 9.17) is 0 Å². The normalized spacial score (nSPS) is 11.2. The summed E-state index contributed by atoms with van der Waals surface area (Å²) < 4.78 is 1.68. The lowest BCUT2D eigenvalue weighted by molar-refractivity contribution is -0.641. The number of aromatic nitrogens is 1. The number of carbonyl (C=O) groups is 1. The molecular formula is C18H23N2O+. The van der Waals surface area contributed by atoms with Crippen LogP contribution < -0.4 is 10.1 Å². The van der Waals surface area contributed by atoms with E-state index in [0.717, 1.165) is 6.42 Å².